The van der Waals surface area contributed by atoms with E-state index < -0.39 is 10.4 Å². The highest BCUT2D eigenvalue weighted by Crippen LogP contribution is 1.92. The summed E-state index contributed by atoms with van der Waals surface area (Å²) in [6.07, 6.45) is 0. The quantitative estimate of drug-likeness (QED) is 0.729. The minimum atomic E-state index is -4.67. The molecule has 0 saturated heterocycles. The van der Waals surface area contributed by atoms with E-state index in [0.29, 0.717) is 0 Å². The highest BCUT2D eigenvalue weighted by molar-refractivity contribution is 7.79. The Kier molecular flexibility index (Phi) is 11.5. The molecular weight excluding hydrogens is 280 g/mol. The average Bonchev–Trinajstić information content (AvgIpc) is 2.29. The topological polar surface area (TPSA) is 106 Å². The Morgan fingerprint density at radius 3 is 1.00 bits per heavy atom. The van der Waals surface area contributed by atoms with E-state index in [1.807, 2.05) is 36.4 Å². The lowest BCUT2D eigenvalue weighted by Gasteiger charge is -1.82. The van der Waals surface area contributed by atoms with Crippen LogP contribution in [0.15, 0.2) is 60.7 Å². The minimum absolute atomic E-state index is 0. The first-order valence-electron chi connectivity index (χ1n) is 5.52. The lowest BCUT2D eigenvalue weighted by Crippen LogP contribution is -1.89. The number of hydrogen-bond acceptors (Lipinski definition) is 2. The number of aryl methyl sites for hydroxylation is 2. The van der Waals surface area contributed by atoms with E-state index in [1.165, 1.54) is 11.1 Å². The van der Waals surface area contributed by atoms with Crippen LogP contribution in [0, 0.1) is 13.8 Å². The highest BCUT2D eigenvalue weighted by Gasteiger charge is 1.84. The maximum absolute atomic E-state index is 8.74. The molecule has 0 aliphatic heterocycles. The van der Waals surface area contributed by atoms with E-state index in [2.05, 4.69) is 38.1 Å². The van der Waals surface area contributed by atoms with E-state index in [-0.39, 0.29) is 5.48 Å². The molecule has 2 rings (SSSR count). The second-order valence-corrected chi connectivity index (χ2v) is 4.65. The van der Waals surface area contributed by atoms with Gasteiger partial charge in [0.2, 0.25) is 0 Å². The summed E-state index contributed by atoms with van der Waals surface area (Å²) in [5.41, 5.74) is 2.64. The third-order valence-corrected chi connectivity index (χ3v) is 1.88. The van der Waals surface area contributed by atoms with Crippen molar-refractivity contribution in [2.45, 2.75) is 13.8 Å². The van der Waals surface area contributed by atoms with Gasteiger partial charge in [-0.3, -0.25) is 9.11 Å². The molecule has 0 unspecified atom stereocenters. The monoisotopic (exact) mass is 300 g/mol. The molecule has 0 fully saturated rings. The van der Waals surface area contributed by atoms with Crippen molar-refractivity contribution in [2.75, 3.05) is 0 Å². The summed E-state index contributed by atoms with van der Waals surface area (Å²) in [6.45, 7) is 4.17. The summed E-state index contributed by atoms with van der Waals surface area (Å²) in [6, 6.07) is 20.5. The van der Waals surface area contributed by atoms with Crippen molar-refractivity contribution < 1.29 is 23.0 Å². The lowest BCUT2D eigenvalue weighted by atomic mass is 10.2. The summed E-state index contributed by atoms with van der Waals surface area (Å²) >= 11 is 0. The Labute approximate surface area is 119 Å². The van der Waals surface area contributed by atoms with Gasteiger partial charge in [-0.1, -0.05) is 71.8 Å². The molecule has 6 heteroatoms. The minimum Gasteiger partial charge on any atom is -0.412 e. The molecule has 0 atom stereocenters. The molecule has 2 aromatic carbocycles. The van der Waals surface area contributed by atoms with Gasteiger partial charge in [-0.15, -0.1) is 0 Å². The molecule has 0 aliphatic carbocycles. The Hall–Kier alpha value is -1.73. The van der Waals surface area contributed by atoms with Crippen molar-refractivity contribution in [3.8, 4) is 0 Å². The summed E-state index contributed by atoms with van der Waals surface area (Å²) in [5, 5.41) is 0. The largest absolute Gasteiger partial charge is 0.412 e. The maximum Gasteiger partial charge on any atom is 0.394 e. The fourth-order valence-corrected chi connectivity index (χ4v) is 1.07. The molecule has 112 valence electrons. The van der Waals surface area contributed by atoms with Gasteiger partial charge in [0.05, 0.1) is 0 Å². The van der Waals surface area contributed by atoms with E-state index in [9.17, 15) is 0 Å². The van der Waals surface area contributed by atoms with Crippen LogP contribution in [0.4, 0.5) is 0 Å². The fraction of sp³-hybridized carbons (Fsp3) is 0.143. The van der Waals surface area contributed by atoms with Crippen LogP contribution in [0.5, 0.6) is 0 Å². The molecule has 0 aromatic heterocycles. The van der Waals surface area contributed by atoms with E-state index in [1.54, 1.807) is 0 Å². The smallest absolute Gasteiger partial charge is 0.394 e. The summed E-state index contributed by atoms with van der Waals surface area (Å²) < 4.78 is 31.6. The van der Waals surface area contributed by atoms with Crippen molar-refractivity contribution in [3.05, 3.63) is 71.8 Å². The van der Waals surface area contributed by atoms with Crippen molar-refractivity contribution in [1.82, 2.24) is 0 Å². The molecule has 0 spiro atoms. The van der Waals surface area contributed by atoms with E-state index in [0.717, 1.165) is 0 Å². The molecular formula is C14H20O5S. The van der Waals surface area contributed by atoms with Gasteiger partial charge in [-0.2, -0.15) is 8.42 Å². The van der Waals surface area contributed by atoms with E-state index in [4.69, 9.17) is 17.5 Å². The molecule has 20 heavy (non-hydrogen) atoms. The Morgan fingerprint density at radius 1 is 0.700 bits per heavy atom. The van der Waals surface area contributed by atoms with Crippen molar-refractivity contribution in [1.29, 1.82) is 0 Å². The Balaban J connectivity index is 0. The third kappa shape index (κ3) is 18.6. The zero-order valence-electron chi connectivity index (χ0n) is 11.4. The van der Waals surface area contributed by atoms with Gasteiger partial charge in [0.25, 0.3) is 0 Å². The summed E-state index contributed by atoms with van der Waals surface area (Å²) in [5.74, 6) is 0. The predicted octanol–water partition coefficient (Wildman–Crippen LogP) is 2.51. The van der Waals surface area contributed by atoms with Crippen LogP contribution in [0.2, 0.25) is 0 Å². The van der Waals surface area contributed by atoms with Gasteiger partial charge in [-0.05, 0) is 13.8 Å². The summed E-state index contributed by atoms with van der Waals surface area (Å²) in [4.78, 5) is 0. The molecule has 5 nitrogen and oxygen atoms in total. The predicted molar refractivity (Wildman–Crippen MR) is 80.1 cm³/mol. The molecule has 2 aromatic rings. The first-order valence-corrected chi connectivity index (χ1v) is 6.92. The molecule has 0 radical (unpaired) electrons. The van der Waals surface area contributed by atoms with Crippen LogP contribution in [0.25, 0.3) is 0 Å². The van der Waals surface area contributed by atoms with E-state index >= 15 is 0 Å². The zero-order chi connectivity index (χ0) is 14.7. The first kappa shape index (κ1) is 20.6. The number of hydrogen-bond donors (Lipinski definition) is 2. The molecule has 0 saturated carbocycles. The number of benzene rings is 2. The van der Waals surface area contributed by atoms with Crippen LogP contribution in [0.3, 0.4) is 0 Å². The maximum atomic E-state index is 8.74. The number of rotatable bonds is 0. The van der Waals surface area contributed by atoms with Gasteiger partial charge < -0.3 is 5.48 Å². The van der Waals surface area contributed by atoms with Gasteiger partial charge in [0, 0.05) is 0 Å². The SMILES string of the molecule is Cc1ccccc1.Cc1ccccc1.O.O=S(=O)(O)O. The first-order chi connectivity index (χ1) is 8.79. The molecule has 4 N–H and O–H groups in total. The van der Waals surface area contributed by atoms with Gasteiger partial charge in [0.15, 0.2) is 0 Å². The molecule has 0 aliphatic rings. The van der Waals surface area contributed by atoms with Gasteiger partial charge in [0.1, 0.15) is 0 Å². The van der Waals surface area contributed by atoms with Gasteiger partial charge >= 0.3 is 10.4 Å². The third-order valence-electron chi connectivity index (χ3n) is 1.88. The summed E-state index contributed by atoms with van der Waals surface area (Å²) in [7, 11) is -4.67. The molecule has 0 bridgehead atoms. The fourth-order valence-electron chi connectivity index (χ4n) is 1.07. The van der Waals surface area contributed by atoms with Crippen LogP contribution >= 0.6 is 0 Å². The lowest BCUT2D eigenvalue weighted by molar-refractivity contribution is 0.381. The highest BCUT2D eigenvalue weighted by atomic mass is 32.3. The van der Waals surface area contributed by atoms with Crippen molar-refractivity contribution in [3.63, 3.8) is 0 Å². The van der Waals surface area contributed by atoms with Crippen LogP contribution in [-0.4, -0.2) is 23.0 Å². The second kappa shape index (κ2) is 11.1. The Bertz CT molecular complexity index is 493. The average molecular weight is 300 g/mol. The van der Waals surface area contributed by atoms with Crippen molar-refractivity contribution in [2.24, 2.45) is 0 Å². The molecule has 0 heterocycles. The standard InChI is InChI=1S/2C7H8.H2O4S.H2O/c2*1-7-5-3-2-4-6-7;1-5(2,3)4;/h2*2-6H,1H3;(H2,1,2,3,4);1H2. The second-order valence-electron chi connectivity index (χ2n) is 3.76. The van der Waals surface area contributed by atoms with Crippen LogP contribution in [0.1, 0.15) is 11.1 Å². The molecule has 0 amide bonds. The van der Waals surface area contributed by atoms with Crippen LogP contribution < -0.4 is 0 Å². The van der Waals surface area contributed by atoms with Gasteiger partial charge in [-0.25, -0.2) is 0 Å². The van der Waals surface area contributed by atoms with Crippen molar-refractivity contribution >= 4 is 10.4 Å². The normalized spacial score (nSPS) is 9.00. The van der Waals surface area contributed by atoms with Crippen LogP contribution in [-0.2, 0) is 10.4 Å². The zero-order valence-corrected chi connectivity index (χ0v) is 12.2. The Morgan fingerprint density at radius 2 is 0.900 bits per heavy atom.